The molecule has 1 aromatic rings. The van der Waals surface area contributed by atoms with Gasteiger partial charge in [-0.2, -0.15) is 4.33 Å². The van der Waals surface area contributed by atoms with Crippen molar-refractivity contribution in [1.29, 1.82) is 0 Å². The second-order valence-corrected chi connectivity index (χ2v) is 3.23. The molecule has 1 rings (SSSR count). The summed E-state index contributed by atoms with van der Waals surface area (Å²) in [5.41, 5.74) is 0.862. The summed E-state index contributed by atoms with van der Waals surface area (Å²) < 4.78 is 4.67. The Labute approximate surface area is 80.2 Å². The minimum atomic E-state index is 0.586. The Morgan fingerprint density at radius 2 is 2.33 bits per heavy atom. The van der Waals surface area contributed by atoms with Gasteiger partial charge in [0.2, 0.25) is 0 Å². The predicted molar refractivity (Wildman–Crippen MR) is 47.9 cm³/mol. The summed E-state index contributed by atoms with van der Waals surface area (Å²) in [6, 6.07) is 1.77. The first-order valence-corrected chi connectivity index (χ1v) is 4.35. The Kier molecular flexibility index (Phi) is 3.81. The van der Waals surface area contributed by atoms with E-state index in [-0.39, 0.29) is 0 Å². The lowest BCUT2D eigenvalue weighted by Crippen LogP contribution is -1.86. The fourth-order valence-electron chi connectivity index (χ4n) is 0.644. The van der Waals surface area contributed by atoms with E-state index in [1.807, 2.05) is 6.92 Å². The fraction of sp³-hybridized carbons (Fsp3) is 0.286. The van der Waals surface area contributed by atoms with E-state index >= 15 is 0 Å². The van der Waals surface area contributed by atoms with Crippen LogP contribution < -0.4 is 0 Å². The summed E-state index contributed by atoms with van der Waals surface area (Å²) in [7, 11) is 1.44. The highest BCUT2D eigenvalue weighted by atomic mass is 35.5. The molecule has 0 aliphatic rings. The van der Waals surface area contributed by atoms with Crippen molar-refractivity contribution in [1.82, 2.24) is 4.98 Å². The fourth-order valence-corrected chi connectivity index (χ4v) is 1.36. The quantitative estimate of drug-likeness (QED) is 0.431. The molecule has 0 radical (unpaired) electrons. The van der Waals surface area contributed by atoms with Crippen LogP contribution in [0, 0.1) is 6.92 Å². The van der Waals surface area contributed by atoms with Crippen LogP contribution in [0.4, 0.5) is 0 Å². The number of halogens is 1. The summed E-state index contributed by atoms with van der Waals surface area (Å²) in [4.78, 5) is 9.33. The van der Waals surface area contributed by atoms with Crippen molar-refractivity contribution in [2.24, 2.45) is 0 Å². The molecule has 0 bridgehead atoms. The minimum Gasteiger partial charge on any atom is -0.259 e. The van der Waals surface area contributed by atoms with Gasteiger partial charge in [-0.05, 0) is 13.0 Å². The summed E-state index contributed by atoms with van der Waals surface area (Å²) >= 11 is 6.82. The molecule has 3 nitrogen and oxygen atoms in total. The first-order valence-electron chi connectivity index (χ1n) is 3.23. The molecule has 1 aromatic heterocycles. The van der Waals surface area contributed by atoms with Crippen molar-refractivity contribution >= 4 is 23.6 Å². The number of hydrogen-bond donors (Lipinski definition) is 0. The third-order valence-electron chi connectivity index (χ3n) is 1.20. The van der Waals surface area contributed by atoms with Crippen LogP contribution in [0.1, 0.15) is 5.69 Å². The molecule has 0 N–H and O–H groups in total. The number of hydrogen-bond acceptors (Lipinski definition) is 4. The first-order chi connectivity index (χ1) is 5.74. The van der Waals surface area contributed by atoms with Gasteiger partial charge < -0.3 is 0 Å². The number of pyridine rings is 1. The molecule has 0 aliphatic heterocycles. The van der Waals surface area contributed by atoms with Crippen LogP contribution in [0.3, 0.4) is 0 Å². The Hall–Kier alpha value is -0.290. The molecule has 0 spiro atoms. The van der Waals surface area contributed by atoms with Crippen LogP contribution in [0.5, 0.6) is 0 Å². The molecule has 0 saturated heterocycles. The van der Waals surface area contributed by atoms with Crippen molar-refractivity contribution in [2.45, 2.75) is 11.8 Å². The highest BCUT2D eigenvalue weighted by molar-refractivity contribution is 7.94. The molecule has 1 heterocycles. The van der Waals surface area contributed by atoms with Gasteiger partial charge in [0.15, 0.2) is 0 Å². The molecule has 0 atom stereocenters. The normalized spacial score (nSPS) is 10.2. The van der Waals surface area contributed by atoms with Crippen molar-refractivity contribution in [3.63, 3.8) is 0 Å². The largest absolute Gasteiger partial charge is 0.259 e. The Morgan fingerprint density at radius 3 is 3.00 bits per heavy atom. The van der Waals surface area contributed by atoms with Crippen LogP contribution in [0.2, 0.25) is 5.02 Å². The Bertz CT molecular complexity index is 270. The average Bonchev–Trinajstić information content (AvgIpc) is 2.07. The lowest BCUT2D eigenvalue weighted by atomic mass is 10.4. The maximum Gasteiger partial charge on any atom is 0.0725 e. The molecule has 66 valence electrons. The van der Waals surface area contributed by atoms with Gasteiger partial charge in [-0.1, -0.05) is 11.6 Å². The summed E-state index contributed by atoms with van der Waals surface area (Å²) in [5, 5.41) is 0.586. The second kappa shape index (κ2) is 4.67. The lowest BCUT2D eigenvalue weighted by molar-refractivity contribution is -0.160. The van der Waals surface area contributed by atoms with Gasteiger partial charge in [-0.15, -0.1) is 0 Å². The van der Waals surface area contributed by atoms with E-state index in [1.54, 1.807) is 12.3 Å². The van der Waals surface area contributed by atoms with Crippen molar-refractivity contribution in [3.8, 4) is 0 Å². The molecule has 0 unspecified atom stereocenters. The molecule has 0 aromatic carbocycles. The maximum atomic E-state index is 5.72. The van der Waals surface area contributed by atoms with Crippen molar-refractivity contribution in [3.05, 3.63) is 23.0 Å². The molecule has 0 fully saturated rings. The van der Waals surface area contributed by atoms with Crippen molar-refractivity contribution < 1.29 is 9.22 Å². The van der Waals surface area contributed by atoms with E-state index in [1.165, 1.54) is 7.11 Å². The van der Waals surface area contributed by atoms with Gasteiger partial charge in [-0.25, -0.2) is 4.89 Å². The highest BCUT2D eigenvalue weighted by Gasteiger charge is 2.02. The highest BCUT2D eigenvalue weighted by Crippen LogP contribution is 2.24. The van der Waals surface area contributed by atoms with Gasteiger partial charge in [0.1, 0.15) is 0 Å². The monoisotopic (exact) mass is 205 g/mol. The zero-order chi connectivity index (χ0) is 8.97. The van der Waals surface area contributed by atoms with Gasteiger partial charge in [0.05, 0.1) is 34.8 Å². The minimum absolute atomic E-state index is 0.586. The molecule has 12 heavy (non-hydrogen) atoms. The lowest BCUT2D eigenvalue weighted by Gasteiger charge is -2.01. The van der Waals surface area contributed by atoms with E-state index in [9.17, 15) is 0 Å². The molecule has 0 amide bonds. The van der Waals surface area contributed by atoms with Crippen LogP contribution >= 0.6 is 23.6 Å². The van der Waals surface area contributed by atoms with Gasteiger partial charge in [0.25, 0.3) is 0 Å². The van der Waals surface area contributed by atoms with Gasteiger partial charge in [0, 0.05) is 6.20 Å². The molecular weight excluding hydrogens is 198 g/mol. The topological polar surface area (TPSA) is 31.4 Å². The maximum absolute atomic E-state index is 5.72. The smallest absolute Gasteiger partial charge is 0.0725 e. The number of nitrogens with zero attached hydrogens (tertiary/aromatic N) is 1. The van der Waals surface area contributed by atoms with Gasteiger partial charge >= 0.3 is 0 Å². The summed E-state index contributed by atoms with van der Waals surface area (Å²) in [6.07, 6.45) is 1.59. The second-order valence-electron chi connectivity index (χ2n) is 2.06. The van der Waals surface area contributed by atoms with E-state index < -0.39 is 0 Å². The summed E-state index contributed by atoms with van der Waals surface area (Å²) in [5.74, 6) is 0. The summed E-state index contributed by atoms with van der Waals surface area (Å²) in [6.45, 7) is 1.87. The van der Waals surface area contributed by atoms with Crippen LogP contribution in [-0.2, 0) is 9.22 Å². The van der Waals surface area contributed by atoms with Crippen LogP contribution in [0.15, 0.2) is 17.2 Å². The zero-order valence-electron chi connectivity index (χ0n) is 6.70. The van der Waals surface area contributed by atoms with E-state index in [0.717, 1.165) is 22.6 Å². The standard InChI is InChI=1S/C7H8ClNO2S/c1-5-7(12-11-10-2)3-6(8)4-9-5/h3-4H,1-2H3. The SMILES string of the molecule is COOSc1cc(Cl)cnc1C. The Balaban J connectivity index is 2.75. The third kappa shape index (κ3) is 2.64. The first kappa shape index (κ1) is 9.80. The number of aromatic nitrogens is 1. The number of aryl methyl sites for hydroxylation is 1. The van der Waals surface area contributed by atoms with E-state index in [4.69, 9.17) is 11.6 Å². The predicted octanol–water partition coefficient (Wildman–Crippen LogP) is 2.63. The van der Waals surface area contributed by atoms with Crippen LogP contribution in [0.25, 0.3) is 0 Å². The molecule has 5 heteroatoms. The van der Waals surface area contributed by atoms with E-state index in [2.05, 4.69) is 14.2 Å². The van der Waals surface area contributed by atoms with Crippen molar-refractivity contribution in [2.75, 3.05) is 7.11 Å². The van der Waals surface area contributed by atoms with Gasteiger partial charge in [-0.3, -0.25) is 4.98 Å². The average molecular weight is 206 g/mol. The van der Waals surface area contributed by atoms with E-state index in [0.29, 0.717) is 5.02 Å². The molecule has 0 saturated carbocycles. The third-order valence-corrected chi connectivity index (χ3v) is 2.20. The number of rotatable bonds is 3. The molecule has 0 aliphatic carbocycles. The molecular formula is C7H8ClNO2S. The zero-order valence-corrected chi connectivity index (χ0v) is 8.28. The van der Waals surface area contributed by atoms with Crippen LogP contribution in [-0.4, -0.2) is 12.1 Å². The Morgan fingerprint density at radius 1 is 1.58 bits per heavy atom.